The van der Waals surface area contributed by atoms with Gasteiger partial charge in [0.25, 0.3) is 0 Å². The van der Waals surface area contributed by atoms with Crippen molar-refractivity contribution in [2.45, 2.75) is 32.2 Å². The second kappa shape index (κ2) is 6.55. The van der Waals surface area contributed by atoms with Crippen LogP contribution in [0.25, 0.3) is 0 Å². The van der Waals surface area contributed by atoms with Gasteiger partial charge < -0.3 is 16.0 Å². The number of halogens is 1. The Bertz CT molecular complexity index is 425. The molecule has 1 heterocycles. The fourth-order valence-corrected chi connectivity index (χ4v) is 2.93. The molecule has 0 aliphatic carbocycles. The SMILES string of the molecule is CC(C)CN1CCC(CN)(Nc2cccc(F)c2)CC1. The Morgan fingerprint density at radius 2 is 2.05 bits per heavy atom. The third kappa shape index (κ3) is 3.93. The maximum Gasteiger partial charge on any atom is 0.125 e. The van der Waals surface area contributed by atoms with Crippen molar-refractivity contribution in [1.82, 2.24) is 4.90 Å². The number of nitrogens with two attached hydrogens (primary N) is 1. The molecule has 1 aromatic carbocycles. The summed E-state index contributed by atoms with van der Waals surface area (Å²) in [7, 11) is 0. The quantitative estimate of drug-likeness (QED) is 0.870. The number of anilines is 1. The number of benzene rings is 1. The predicted molar refractivity (Wildman–Crippen MR) is 82.3 cm³/mol. The normalized spacial score (nSPS) is 19.2. The van der Waals surface area contributed by atoms with E-state index < -0.39 is 0 Å². The number of hydrogen-bond acceptors (Lipinski definition) is 3. The van der Waals surface area contributed by atoms with Crippen LogP contribution in [0, 0.1) is 11.7 Å². The van der Waals surface area contributed by atoms with Crippen molar-refractivity contribution in [2.24, 2.45) is 11.7 Å². The molecular weight excluding hydrogens is 253 g/mol. The van der Waals surface area contributed by atoms with Gasteiger partial charge in [0.15, 0.2) is 0 Å². The molecule has 1 fully saturated rings. The number of rotatable bonds is 5. The third-order valence-electron chi connectivity index (χ3n) is 4.06. The molecule has 20 heavy (non-hydrogen) atoms. The van der Waals surface area contributed by atoms with E-state index in [-0.39, 0.29) is 11.4 Å². The summed E-state index contributed by atoms with van der Waals surface area (Å²) in [6.45, 7) is 8.32. The lowest BCUT2D eigenvalue weighted by molar-refractivity contribution is 0.161. The van der Waals surface area contributed by atoms with Gasteiger partial charge in [-0.25, -0.2) is 4.39 Å². The highest BCUT2D eigenvalue weighted by molar-refractivity contribution is 5.46. The maximum atomic E-state index is 13.3. The summed E-state index contributed by atoms with van der Waals surface area (Å²) in [6.07, 6.45) is 2.01. The monoisotopic (exact) mass is 279 g/mol. The van der Waals surface area contributed by atoms with E-state index in [4.69, 9.17) is 5.73 Å². The van der Waals surface area contributed by atoms with E-state index in [0.29, 0.717) is 12.5 Å². The van der Waals surface area contributed by atoms with Crippen molar-refractivity contribution in [3.63, 3.8) is 0 Å². The number of likely N-dealkylation sites (tertiary alicyclic amines) is 1. The van der Waals surface area contributed by atoms with Crippen LogP contribution < -0.4 is 11.1 Å². The molecule has 0 radical (unpaired) electrons. The smallest absolute Gasteiger partial charge is 0.125 e. The van der Waals surface area contributed by atoms with E-state index in [9.17, 15) is 4.39 Å². The average Bonchev–Trinajstić information content (AvgIpc) is 2.41. The van der Waals surface area contributed by atoms with E-state index in [2.05, 4.69) is 24.1 Å². The highest BCUT2D eigenvalue weighted by atomic mass is 19.1. The molecule has 0 unspecified atom stereocenters. The highest BCUT2D eigenvalue weighted by Crippen LogP contribution is 2.27. The van der Waals surface area contributed by atoms with Crippen LogP contribution in [0.5, 0.6) is 0 Å². The van der Waals surface area contributed by atoms with Gasteiger partial charge in [-0.1, -0.05) is 19.9 Å². The molecule has 0 bridgehead atoms. The first-order chi connectivity index (χ1) is 9.53. The Balaban J connectivity index is 1.98. The largest absolute Gasteiger partial charge is 0.378 e. The second-order valence-corrected chi connectivity index (χ2v) is 6.31. The fourth-order valence-electron chi connectivity index (χ4n) is 2.93. The van der Waals surface area contributed by atoms with E-state index in [1.807, 2.05) is 6.07 Å². The van der Waals surface area contributed by atoms with Gasteiger partial charge >= 0.3 is 0 Å². The van der Waals surface area contributed by atoms with Gasteiger partial charge in [-0.05, 0) is 37.0 Å². The molecule has 3 N–H and O–H groups in total. The standard InChI is InChI=1S/C16H26FN3/c1-13(2)11-20-8-6-16(12-18,7-9-20)19-15-5-3-4-14(17)10-15/h3-5,10,13,19H,6-9,11-12,18H2,1-2H3. The van der Waals surface area contributed by atoms with Gasteiger partial charge in [-0.3, -0.25) is 0 Å². The Morgan fingerprint density at radius 1 is 1.35 bits per heavy atom. The Hall–Kier alpha value is -1.13. The summed E-state index contributed by atoms with van der Waals surface area (Å²) in [5.41, 5.74) is 6.73. The molecule has 0 spiro atoms. The number of piperidine rings is 1. The topological polar surface area (TPSA) is 41.3 Å². The molecule has 0 aromatic heterocycles. The predicted octanol–water partition coefficient (Wildman–Crippen LogP) is 2.69. The lowest BCUT2D eigenvalue weighted by Gasteiger charge is -2.43. The van der Waals surface area contributed by atoms with Crippen LogP contribution in [0.4, 0.5) is 10.1 Å². The van der Waals surface area contributed by atoms with Crippen molar-refractivity contribution in [3.05, 3.63) is 30.1 Å². The van der Waals surface area contributed by atoms with Gasteiger partial charge in [0.1, 0.15) is 5.82 Å². The van der Waals surface area contributed by atoms with Gasteiger partial charge in [-0.15, -0.1) is 0 Å². The molecule has 2 rings (SSSR count). The van der Waals surface area contributed by atoms with Crippen molar-refractivity contribution < 1.29 is 4.39 Å². The highest BCUT2D eigenvalue weighted by Gasteiger charge is 2.33. The van der Waals surface area contributed by atoms with Crippen LogP contribution in [-0.2, 0) is 0 Å². The van der Waals surface area contributed by atoms with Crippen LogP contribution in [0.2, 0.25) is 0 Å². The summed E-state index contributed by atoms with van der Waals surface area (Å²) in [4.78, 5) is 2.49. The molecule has 1 aliphatic heterocycles. The minimum absolute atomic E-state index is 0.0960. The summed E-state index contributed by atoms with van der Waals surface area (Å²) < 4.78 is 13.3. The molecule has 112 valence electrons. The van der Waals surface area contributed by atoms with E-state index in [1.54, 1.807) is 6.07 Å². The van der Waals surface area contributed by atoms with Gasteiger partial charge in [0, 0.05) is 31.9 Å². The van der Waals surface area contributed by atoms with Crippen molar-refractivity contribution in [1.29, 1.82) is 0 Å². The molecule has 0 atom stereocenters. The minimum atomic E-state index is -0.209. The van der Waals surface area contributed by atoms with Crippen molar-refractivity contribution in [2.75, 3.05) is 31.5 Å². The number of nitrogens with one attached hydrogen (secondary N) is 1. The number of nitrogens with zero attached hydrogens (tertiary/aromatic N) is 1. The lowest BCUT2D eigenvalue weighted by atomic mass is 9.87. The molecule has 0 amide bonds. The first-order valence-electron chi connectivity index (χ1n) is 7.49. The van der Waals surface area contributed by atoms with E-state index >= 15 is 0 Å². The van der Waals surface area contributed by atoms with Crippen LogP contribution >= 0.6 is 0 Å². The fraction of sp³-hybridized carbons (Fsp3) is 0.625. The Labute approximate surface area is 121 Å². The molecule has 1 aliphatic rings. The molecule has 3 nitrogen and oxygen atoms in total. The zero-order chi connectivity index (χ0) is 14.6. The molecule has 1 saturated heterocycles. The third-order valence-corrected chi connectivity index (χ3v) is 4.06. The maximum absolute atomic E-state index is 13.3. The average molecular weight is 279 g/mol. The summed E-state index contributed by atoms with van der Waals surface area (Å²) >= 11 is 0. The zero-order valence-corrected chi connectivity index (χ0v) is 12.5. The second-order valence-electron chi connectivity index (χ2n) is 6.31. The number of hydrogen-bond donors (Lipinski definition) is 2. The van der Waals surface area contributed by atoms with Gasteiger partial charge in [0.2, 0.25) is 0 Å². The van der Waals surface area contributed by atoms with Crippen LogP contribution in [0.3, 0.4) is 0 Å². The molecule has 1 aromatic rings. The lowest BCUT2D eigenvalue weighted by Crippen LogP contribution is -2.54. The van der Waals surface area contributed by atoms with Crippen LogP contribution in [-0.4, -0.2) is 36.6 Å². The van der Waals surface area contributed by atoms with Crippen LogP contribution in [0.1, 0.15) is 26.7 Å². The van der Waals surface area contributed by atoms with Crippen molar-refractivity contribution >= 4 is 5.69 Å². The molecule has 0 saturated carbocycles. The summed E-state index contributed by atoms with van der Waals surface area (Å²) in [5, 5.41) is 3.47. The van der Waals surface area contributed by atoms with E-state index in [0.717, 1.165) is 38.2 Å². The van der Waals surface area contributed by atoms with E-state index in [1.165, 1.54) is 12.1 Å². The Morgan fingerprint density at radius 3 is 2.60 bits per heavy atom. The summed E-state index contributed by atoms with van der Waals surface area (Å²) in [5.74, 6) is 0.482. The first kappa shape index (κ1) is 15.3. The van der Waals surface area contributed by atoms with Crippen molar-refractivity contribution in [3.8, 4) is 0 Å². The Kier molecular flexibility index (Phi) is 5.00. The van der Waals surface area contributed by atoms with Gasteiger partial charge in [-0.2, -0.15) is 0 Å². The molecule has 4 heteroatoms. The van der Waals surface area contributed by atoms with Crippen LogP contribution in [0.15, 0.2) is 24.3 Å². The summed E-state index contributed by atoms with van der Waals surface area (Å²) in [6, 6.07) is 6.64. The van der Waals surface area contributed by atoms with Gasteiger partial charge in [0.05, 0.1) is 5.54 Å². The zero-order valence-electron chi connectivity index (χ0n) is 12.5. The minimum Gasteiger partial charge on any atom is -0.378 e. The first-order valence-corrected chi connectivity index (χ1v) is 7.49. The molecular formula is C16H26FN3.